The molecule has 0 aromatic carbocycles. The lowest BCUT2D eigenvalue weighted by atomic mass is 10.2. The van der Waals surface area contributed by atoms with Crippen LogP contribution in [-0.2, 0) is 26.9 Å². The van der Waals surface area contributed by atoms with Crippen LogP contribution in [0, 0.1) is 0 Å². The number of H-pyrrole nitrogens is 1. The van der Waals surface area contributed by atoms with E-state index in [4.69, 9.17) is 4.74 Å². The highest BCUT2D eigenvalue weighted by molar-refractivity contribution is 7.99. The third kappa shape index (κ3) is 4.80. The Bertz CT molecular complexity index is 688. The number of nitrogens with zero attached hydrogens (tertiary/aromatic N) is 2. The lowest BCUT2D eigenvalue weighted by Crippen LogP contribution is -2.43. The molecule has 10 heteroatoms. The molecular formula is C16H20F3N3O3S. The van der Waals surface area contributed by atoms with E-state index < -0.39 is 23.9 Å². The van der Waals surface area contributed by atoms with Crippen LogP contribution in [0.2, 0.25) is 0 Å². The van der Waals surface area contributed by atoms with Gasteiger partial charge < -0.3 is 9.64 Å². The average molecular weight is 391 g/mol. The number of halogens is 3. The van der Waals surface area contributed by atoms with E-state index in [9.17, 15) is 22.8 Å². The van der Waals surface area contributed by atoms with Gasteiger partial charge in [0.2, 0.25) is 0 Å². The van der Waals surface area contributed by atoms with E-state index in [-0.39, 0.29) is 24.5 Å². The normalized spacial score (nSPS) is 18.3. The second-order valence-corrected chi connectivity index (χ2v) is 6.77. The molecule has 2 rings (SSSR count). The van der Waals surface area contributed by atoms with E-state index in [0.29, 0.717) is 23.6 Å². The zero-order valence-electron chi connectivity index (χ0n) is 14.4. The summed E-state index contributed by atoms with van der Waals surface area (Å²) in [6.45, 7) is 3.38. The number of carbonyl (C=O) groups excluding carboxylic acids is 2. The Labute approximate surface area is 153 Å². The average Bonchev–Trinajstić information content (AvgIpc) is 3.22. The number of ether oxygens (including phenoxy) is 1. The second-order valence-electron chi connectivity index (χ2n) is 5.77. The van der Waals surface area contributed by atoms with Crippen molar-refractivity contribution >= 4 is 23.6 Å². The Balaban J connectivity index is 1.92. The molecule has 26 heavy (non-hydrogen) atoms. The molecule has 1 saturated heterocycles. The summed E-state index contributed by atoms with van der Waals surface area (Å²) in [5.41, 5.74) is -0.455. The van der Waals surface area contributed by atoms with E-state index >= 15 is 0 Å². The van der Waals surface area contributed by atoms with Gasteiger partial charge in [-0.25, -0.2) is 4.79 Å². The van der Waals surface area contributed by atoms with Crippen LogP contribution in [0.3, 0.4) is 0 Å². The summed E-state index contributed by atoms with van der Waals surface area (Å²) >= 11 is 1.43. The highest BCUT2D eigenvalue weighted by atomic mass is 32.2. The smallest absolute Gasteiger partial charge is 0.433 e. The maximum Gasteiger partial charge on any atom is 0.433 e. The van der Waals surface area contributed by atoms with Gasteiger partial charge in [-0.15, -0.1) is 11.8 Å². The molecule has 144 valence electrons. The number of hydrogen-bond acceptors (Lipinski definition) is 5. The Morgan fingerprint density at radius 1 is 1.50 bits per heavy atom. The molecule has 2 heterocycles. The minimum Gasteiger partial charge on any atom is -0.464 e. The lowest BCUT2D eigenvalue weighted by Gasteiger charge is -2.22. The Hall–Kier alpha value is -1.97. The number of carbonyl (C=O) groups is 2. The number of aromatic nitrogens is 2. The van der Waals surface area contributed by atoms with E-state index in [1.807, 2.05) is 12.0 Å². The zero-order chi connectivity index (χ0) is 19.3. The molecule has 0 spiro atoms. The van der Waals surface area contributed by atoms with Crippen molar-refractivity contribution < 1.29 is 27.5 Å². The third-order valence-corrected chi connectivity index (χ3v) is 4.89. The highest BCUT2D eigenvalue weighted by Crippen LogP contribution is 2.30. The molecule has 0 saturated carbocycles. The number of aromatic amines is 1. The van der Waals surface area contributed by atoms with Crippen molar-refractivity contribution in [1.29, 1.82) is 0 Å². The van der Waals surface area contributed by atoms with E-state index in [0.717, 1.165) is 6.20 Å². The largest absolute Gasteiger partial charge is 0.464 e. The molecule has 0 radical (unpaired) electrons. The first-order valence-electron chi connectivity index (χ1n) is 8.07. The van der Waals surface area contributed by atoms with E-state index in [1.54, 1.807) is 13.0 Å². The zero-order valence-corrected chi connectivity index (χ0v) is 15.2. The van der Waals surface area contributed by atoms with Crippen molar-refractivity contribution in [2.45, 2.75) is 38.9 Å². The maximum atomic E-state index is 12.8. The molecule has 1 atom stereocenters. The van der Waals surface area contributed by atoms with Gasteiger partial charge >= 0.3 is 12.1 Å². The van der Waals surface area contributed by atoms with Crippen molar-refractivity contribution in [3.63, 3.8) is 0 Å². The molecule has 0 unspecified atom stereocenters. The SMILES string of the molecule is CC/C=C(\C)C(=O)N1CSC[C@H]1C(=O)OCCc1cn[nH]c1C(F)(F)F. The molecule has 6 nitrogen and oxygen atoms in total. The van der Waals surface area contributed by atoms with Crippen LogP contribution in [0.1, 0.15) is 31.5 Å². The first-order valence-corrected chi connectivity index (χ1v) is 9.22. The molecule has 0 aliphatic carbocycles. The van der Waals surface area contributed by atoms with Crippen molar-refractivity contribution in [2.75, 3.05) is 18.2 Å². The highest BCUT2D eigenvalue weighted by Gasteiger charge is 2.37. The van der Waals surface area contributed by atoms with Gasteiger partial charge in [-0.1, -0.05) is 13.0 Å². The molecule has 1 aliphatic rings. The fraction of sp³-hybridized carbons (Fsp3) is 0.562. The first kappa shape index (κ1) is 20.3. The van der Waals surface area contributed by atoms with Crippen LogP contribution in [0.25, 0.3) is 0 Å². The summed E-state index contributed by atoms with van der Waals surface area (Å²) in [6, 6.07) is -0.723. The molecule has 1 aliphatic heterocycles. The molecule has 1 fully saturated rings. The van der Waals surface area contributed by atoms with Crippen molar-refractivity contribution in [1.82, 2.24) is 15.1 Å². The topological polar surface area (TPSA) is 75.3 Å². The minimum atomic E-state index is -4.54. The van der Waals surface area contributed by atoms with Gasteiger partial charge in [-0.3, -0.25) is 9.89 Å². The third-order valence-electron chi connectivity index (χ3n) is 3.88. The number of thioether (sulfide) groups is 1. The van der Waals surface area contributed by atoms with Gasteiger partial charge in [0.1, 0.15) is 11.7 Å². The monoisotopic (exact) mass is 391 g/mol. The van der Waals surface area contributed by atoms with Crippen LogP contribution in [-0.4, -0.2) is 51.3 Å². The molecule has 1 aromatic rings. The van der Waals surface area contributed by atoms with Crippen molar-refractivity contribution in [3.05, 3.63) is 29.1 Å². The van der Waals surface area contributed by atoms with Gasteiger partial charge in [0, 0.05) is 23.3 Å². The number of rotatable bonds is 6. The summed E-state index contributed by atoms with van der Waals surface area (Å²) in [4.78, 5) is 26.1. The van der Waals surface area contributed by atoms with Gasteiger partial charge in [0.25, 0.3) is 5.91 Å². The molecule has 0 bridgehead atoms. The summed E-state index contributed by atoms with van der Waals surface area (Å²) in [5, 5.41) is 5.30. The van der Waals surface area contributed by atoms with Gasteiger partial charge in [-0.2, -0.15) is 18.3 Å². The fourth-order valence-corrected chi connectivity index (χ4v) is 3.70. The standard InChI is InChI=1S/C16H20F3N3O3S/c1-3-4-10(2)14(23)22-9-26-8-12(22)15(24)25-6-5-11-7-20-21-13(11)16(17,18)19/h4,7,12H,3,5-6,8-9H2,1-2H3,(H,20,21)/b10-4+/t12-/m0/s1. The minimum absolute atomic E-state index is 0.0687. The number of nitrogens with one attached hydrogen (secondary N) is 1. The van der Waals surface area contributed by atoms with Crippen molar-refractivity contribution in [2.24, 2.45) is 0 Å². The molecule has 1 aromatic heterocycles. The van der Waals surface area contributed by atoms with Crippen LogP contribution < -0.4 is 0 Å². The molecular weight excluding hydrogens is 371 g/mol. The van der Waals surface area contributed by atoms with E-state index in [1.165, 1.54) is 16.7 Å². The quantitative estimate of drug-likeness (QED) is 0.596. The van der Waals surface area contributed by atoms with E-state index in [2.05, 4.69) is 5.10 Å². The Morgan fingerprint density at radius 2 is 2.23 bits per heavy atom. The summed E-state index contributed by atoms with van der Waals surface area (Å²) in [6.07, 6.45) is -1.09. The van der Waals surface area contributed by atoms with Gasteiger partial charge in [-0.05, 0) is 13.3 Å². The Kier molecular flexibility index (Phi) is 6.74. The number of esters is 1. The van der Waals surface area contributed by atoms with Gasteiger partial charge in [0.15, 0.2) is 0 Å². The first-order chi connectivity index (χ1) is 12.3. The summed E-state index contributed by atoms with van der Waals surface area (Å²) in [5.74, 6) is -0.0468. The predicted molar refractivity (Wildman–Crippen MR) is 90.3 cm³/mol. The van der Waals surface area contributed by atoms with Crippen LogP contribution in [0.4, 0.5) is 13.2 Å². The number of amides is 1. The van der Waals surface area contributed by atoms with Crippen molar-refractivity contribution in [3.8, 4) is 0 Å². The predicted octanol–water partition coefficient (Wildman–Crippen LogP) is 2.77. The van der Waals surface area contributed by atoms with Crippen LogP contribution in [0.15, 0.2) is 17.8 Å². The Morgan fingerprint density at radius 3 is 2.88 bits per heavy atom. The van der Waals surface area contributed by atoms with Crippen LogP contribution >= 0.6 is 11.8 Å². The number of alkyl halides is 3. The number of hydrogen-bond donors (Lipinski definition) is 1. The molecule has 1 N–H and O–H groups in total. The fourth-order valence-electron chi connectivity index (χ4n) is 2.56. The summed E-state index contributed by atoms with van der Waals surface area (Å²) in [7, 11) is 0. The second kappa shape index (κ2) is 8.61. The van der Waals surface area contributed by atoms with Crippen LogP contribution in [0.5, 0.6) is 0 Å². The summed E-state index contributed by atoms with van der Waals surface area (Å²) < 4.78 is 43.4. The molecule has 1 amide bonds. The number of allylic oxidation sites excluding steroid dienone is 1. The maximum absolute atomic E-state index is 12.8. The lowest BCUT2D eigenvalue weighted by molar-refractivity contribution is -0.152. The van der Waals surface area contributed by atoms with Gasteiger partial charge in [0.05, 0.1) is 18.7 Å².